The molecular formula is C25H24N6O2. The van der Waals surface area contributed by atoms with Crippen LogP contribution in [0.4, 0.5) is 5.69 Å². The topological polar surface area (TPSA) is 86.9 Å². The number of amides is 1. The molecule has 0 saturated heterocycles. The summed E-state index contributed by atoms with van der Waals surface area (Å²) in [5.74, 6) is -0.165. The van der Waals surface area contributed by atoms with Gasteiger partial charge < -0.3 is 14.6 Å². The summed E-state index contributed by atoms with van der Waals surface area (Å²) < 4.78 is 9.27. The van der Waals surface area contributed by atoms with E-state index in [1.165, 1.54) is 4.68 Å². The number of carbonyl (C=O) groups excluding carboxylic acids is 1. The second kappa shape index (κ2) is 8.84. The van der Waals surface area contributed by atoms with E-state index in [1.807, 2.05) is 72.3 Å². The first-order valence-corrected chi connectivity index (χ1v) is 10.7. The fourth-order valence-corrected chi connectivity index (χ4v) is 4.07. The number of anilines is 1. The molecule has 4 aromatic rings. The van der Waals surface area contributed by atoms with Gasteiger partial charge in [-0.05, 0) is 24.5 Å². The Hall–Kier alpha value is -4.04. The fourth-order valence-electron chi connectivity index (χ4n) is 4.07. The minimum atomic E-state index is -0.168. The summed E-state index contributed by atoms with van der Waals surface area (Å²) in [6.07, 6.45) is 11.5. The molecule has 0 radical (unpaired) electrons. The summed E-state index contributed by atoms with van der Waals surface area (Å²) in [5, 5.41) is 13.5. The molecule has 0 aliphatic heterocycles. The molecule has 2 aromatic heterocycles. The van der Waals surface area contributed by atoms with Crippen molar-refractivity contribution < 1.29 is 9.53 Å². The number of nitrogens with zero attached hydrogens (tertiary/aromatic N) is 5. The normalized spacial score (nSPS) is 17.8. The summed E-state index contributed by atoms with van der Waals surface area (Å²) in [7, 11) is 1.68. The molecule has 166 valence electrons. The molecule has 1 aliphatic carbocycles. The second-order valence-electron chi connectivity index (χ2n) is 8.01. The summed E-state index contributed by atoms with van der Waals surface area (Å²) >= 11 is 0. The summed E-state index contributed by atoms with van der Waals surface area (Å²) in [5.41, 5.74) is 3.32. The van der Waals surface area contributed by atoms with Gasteiger partial charge in [-0.2, -0.15) is 0 Å². The Morgan fingerprint density at radius 2 is 2.00 bits per heavy atom. The van der Waals surface area contributed by atoms with Gasteiger partial charge in [0.25, 0.3) is 0 Å². The number of hydrogen-bond acceptors (Lipinski definition) is 5. The van der Waals surface area contributed by atoms with Gasteiger partial charge in [0.05, 0.1) is 24.3 Å². The number of rotatable bonds is 6. The lowest BCUT2D eigenvalue weighted by atomic mass is 9.98. The highest BCUT2D eigenvalue weighted by atomic mass is 16.5. The van der Waals surface area contributed by atoms with Gasteiger partial charge in [-0.3, -0.25) is 4.79 Å². The first kappa shape index (κ1) is 20.8. The Labute approximate surface area is 191 Å². The molecule has 0 spiro atoms. The Bertz CT molecular complexity index is 1360. The van der Waals surface area contributed by atoms with Gasteiger partial charge in [-0.15, -0.1) is 5.10 Å². The van der Waals surface area contributed by atoms with Crippen molar-refractivity contribution in [3.8, 4) is 0 Å². The Balaban J connectivity index is 1.28. The quantitative estimate of drug-likeness (QED) is 0.493. The third-order valence-corrected chi connectivity index (χ3v) is 5.70. The molecule has 8 nitrogen and oxygen atoms in total. The number of hydrogen-bond donors (Lipinski definition) is 1. The predicted octanol–water partition coefficient (Wildman–Crippen LogP) is 3.78. The van der Waals surface area contributed by atoms with E-state index >= 15 is 0 Å². The van der Waals surface area contributed by atoms with Crippen LogP contribution in [0.15, 0.2) is 79.4 Å². The lowest BCUT2D eigenvalue weighted by Crippen LogP contribution is -2.24. The van der Waals surface area contributed by atoms with Crippen molar-refractivity contribution in [1.82, 2.24) is 24.5 Å². The molecular weight excluding hydrogens is 416 g/mol. The SMILES string of the molecule is COC1C=C(c2cn(CC(=O)Nc3cccc4ccccc34)nn2)C=CC1n1cnc(C)c1. The molecule has 33 heavy (non-hydrogen) atoms. The maximum atomic E-state index is 12.7. The van der Waals surface area contributed by atoms with Crippen molar-refractivity contribution in [1.29, 1.82) is 0 Å². The zero-order valence-electron chi connectivity index (χ0n) is 18.4. The van der Waals surface area contributed by atoms with Gasteiger partial charge >= 0.3 is 0 Å². The highest BCUT2D eigenvalue weighted by molar-refractivity contribution is 6.02. The average Bonchev–Trinajstić information content (AvgIpc) is 3.48. The van der Waals surface area contributed by atoms with Crippen LogP contribution in [0.2, 0.25) is 0 Å². The van der Waals surface area contributed by atoms with Crippen LogP contribution in [0.25, 0.3) is 16.3 Å². The van der Waals surface area contributed by atoms with Crippen molar-refractivity contribution in [2.75, 3.05) is 12.4 Å². The van der Waals surface area contributed by atoms with Crippen LogP contribution < -0.4 is 5.32 Å². The van der Waals surface area contributed by atoms with E-state index < -0.39 is 0 Å². The van der Waals surface area contributed by atoms with Gasteiger partial charge in [0.15, 0.2) is 0 Å². The third-order valence-electron chi connectivity index (χ3n) is 5.70. The zero-order valence-corrected chi connectivity index (χ0v) is 18.4. The number of aromatic nitrogens is 5. The Morgan fingerprint density at radius 1 is 1.15 bits per heavy atom. The van der Waals surface area contributed by atoms with Crippen molar-refractivity contribution in [3.63, 3.8) is 0 Å². The number of methoxy groups -OCH3 is 1. The molecule has 2 unspecified atom stereocenters. The van der Waals surface area contributed by atoms with E-state index in [2.05, 4.69) is 26.7 Å². The summed E-state index contributed by atoms with van der Waals surface area (Å²) in [6.45, 7) is 2.03. The molecule has 8 heteroatoms. The zero-order chi connectivity index (χ0) is 22.8. The maximum Gasteiger partial charge on any atom is 0.246 e. The largest absolute Gasteiger partial charge is 0.375 e. The van der Waals surface area contributed by atoms with Crippen molar-refractivity contribution >= 4 is 27.9 Å². The molecule has 1 N–H and O–H groups in total. The van der Waals surface area contributed by atoms with Crippen LogP contribution >= 0.6 is 0 Å². The highest BCUT2D eigenvalue weighted by Crippen LogP contribution is 2.28. The van der Waals surface area contributed by atoms with Crippen molar-refractivity contribution in [2.24, 2.45) is 0 Å². The van der Waals surface area contributed by atoms with Crippen molar-refractivity contribution in [3.05, 3.63) is 90.8 Å². The van der Waals surface area contributed by atoms with E-state index in [0.717, 1.165) is 27.7 Å². The molecule has 0 bridgehead atoms. The number of nitrogens with one attached hydrogen (secondary N) is 1. The number of benzene rings is 2. The first-order chi connectivity index (χ1) is 16.1. The number of carbonyl (C=O) groups is 1. The summed E-state index contributed by atoms with van der Waals surface area (Å²) in [4.78, 5) is 17.0. The van der Waals surface area contributed by atoms with Crippen LogP contribution in [0, 0.1) is 6.92 Å². The lowest BCUT2D eigenvalue weighted by molar-refractivity contribution is -0.116. The van der Waals surface area contributed by atoms with Crippen LogP contribution in [-0.2, 0) is 16.1 Å². The van der Waals surface area contributed by atoms with Gasteiger partial charge in [0, 0.05) is 30.0 Å². The number of aryl methyl sites for hydroxylation is 1. The van der Waals surface area contributed by atoms with Gasteiger partial charge in [0.1, 0.15) is 18.3 Å². The average molecular weight is 441 g/mol. The molecule has 5 rings (SSSR count). The van der Waals surface area contributed by atoms with E-state index in [4.69, 9.17) is 4.74 Å². The standard InChI is InChI=1S/C25H24N6O2/c1-17-13-30(16-26-17)23-11-10-19(12-24(23)33-2)22-14-31(29-28-22)15-25(32)27-21-9-5-7-18-6-3-4-8-20(18)21/h3-14,16,23-24H,15H2,1-2H3,(H,27,32). The van der Waals surface area contributed by atoms with E-state index in [-0.39, 0.29) is 24.6 Å². The molecule has 1 amide bonds. The summed E-state index contributed by atoms with van der Waals surface area (Å²) in [6, 6.07) is 13.8. The third kappa shape index (κ3) is 4.33. The van der Waals surface area contributed by atoms with E-state index in [9.17, 15) is 4.79 Å². The number of allylic oxidation sites excluding steroid dienone is 2. The molecule has 2 heterocycles. The van der Waals surface area contributed by atoms with Crippen LogP contribution in [0.1, 0.15) is 17.4 Å². The minimum absolute atomic E-state index is 0.0152. The highest BCUT2D eigenvalue weighted by Gasteiger charge is 2.24. The van der Waals surface area contributed by atoms with Gasteiger partial charge in [-0.25, -0.2) is 9.67 Å². The van der Waals surface area contributed by atoms with Crippen molar-refractivity contribution in [2.45, 2.75) is 25.6 Å². The Kier molecular flexibility index (Phi) is 5.58. The number of ether oxygens (including phenoxy) is 1. The lowest BCUT2D eigenvalue weighted by Gasteiger charge is -2.25. The van der Waals surface area contributed by atoms with E-state index in [0.29, 0.717) is 5.69 Å². The van der Waals surface area contributed by atoms with Crippen LogP contribution in [0.5, 0.6) is 0 Å². The molecule has 0 fully saturated rings. The molecule has 1 aliphatic rings. The molecule has 0 saturated carbocycles. The fraction of sp³-hybridized carbons (Fsp3) is 0.200. The number of imidazole rings is 1. The van der Waals surface area contributed by atoms with E-state index in [1.54, 1.807) is 19.6 Å². The molecule has 2 atom stereocenters. The smallest absolute Gasteiger partial charge is 0.246 e. The molecule has 2 aromatic carbocycles. The van der Waals surface area contributed by atoms with Crippen LogP contribution in [-0.4, -0.2) is 43.7 Å². The van der Waals surface area contributed by atoms with Crippen LogP contribution in [0.3, 0.4) is 0 Å². The maximum absolute atomic E-state index is 12.7. The Morgan fingerprint density at radius 3 is 2.82 bits per heavy atom. The van der Waals surface area contributed by atoms with Gasteiger partial charge in [-0.1, -0.05) is 53.8 Å². The minimum Gasteiger partial charge on any atom is -0.375 e. The monoisotopic (exact) mass is 440 g/mol. The second-order valence-corrected chi connectivity index (χ2v) is 8.01. The van der Waals surface area contributed by atoms with Gasteiger partial charge in [0.2, 0.25) is 5.91 Å². The predicted molar refractivity (Wildman–Crippen MR) is 127 cm³/mol. The number of fused-ring (bicyclic) bond motifs is 1. The first-order valence-electron chi connectivity index (χ1n) is 10.7.